The molecule has 12 heteroatoms. The molecule has 4 amide bonds. The summed E-state index contributed by atoms with van der Waals surface area (Å²) in [6, 6.07) is 6.09. The number of hydrogen-bond acceptors (Lipinski definition) is 7. The van der Waals surface area contributed by atoms with Crippen molar-refractivity contribution in [2.45, 2.75) is 102 Å². The number of hydrogen-bond donors (Lipinski definition) is 6. The van der Waals surface area contributed by atoms with Gasteiger partial charge in [0.2, 0.25) is 11.8 Å². The van der Waals surface area contributed by atoms with Gasteiger partial charge in [-0.15, -0.1) is 0 Å². The number of amides is 4. The molecule has 1 saturated carbocycles. The number of imidazole rings is 1. The van der Waals surface area contributed by atoms with Crippen molar-refractivity contribution in [1.82, 2.24) is 30.4 Å². The summed E-state index contributed by atoms with van der Waals surface area (Å²) in [5.41, 5.74) is 1.38. The summed E-state index contributed by atoms with van der Waals surface area (Å²) in [7, 11) is 3.00. The Bertz CT molecular complexity index is 1190. The van der Waals surface area contributed by atoms with Crippen LogP contribution < -0.4 is 10.6 Å². The molecule has 0 spiro atoms. The Labute approximate surface area is 273 Å². The molecule has 46 heavy (non-hydrogen) atoms. The Kier molecular flexibility index (Phi) is 15.0. The van der Waals surface area contributed by atoms with Crippen LogP contribution in [-0.2, 0) is 22.4 Å². The van der Waals surface area contributed by atoms with E-state index in [1.54, 1.807) is 6.20 Å². The van der Waals surface area contributed by atoms with Gasteiger partial charge in [-0.2, -0.15) is 0 Å². The van der Waals surface area contributed by atoms with Gasteiger partial charge in [-0.25, -0.2) is 9.78 Å². The van der Waals surface area contributed by atoms with Gasteiger partial charge in [0.1, 0.15) is 12.1 Å². The van der Waals surface area contributed by atoms with E-state index in [2.05, 4.69) is 20.6 Å². The number of nitrogens with zero attached hydrogens (tertiary/aromatic N) is 3. The van der Waals surface area contributed by atoms with Crippen molar-refractivity contribution >= 4 is 17.8 Å². The predicted octanol–water partition coefficient (Wildman–Crippen LogP) is 2.25. The summed E-state index contributed by atoms with van der Waals surface area (Å²) < 4.78 is 0. The molecule has 3 rings (SSSR count). The minimum atomic E-state index is -1.02. The van der Waals surface area contributed by atoms with E-state index < -0.39 is 48.2 Å². The minimum absolute atomic E-state index is 0.0550. The number of H-pyrrole nitrogens is 1. The lowest BCUT2D eigenvalue weighted by atomic mass is 9.82. The second-order valence-electron chi connectivity index (χ2n) is 12.9. The summed E-state index contributed by atoms with van der Waals surface area (Å²) in [5.74, 6) is -0.648. The predicted molar refractivity (Wildman–Crippen MR) is 176 cm³/mol. The fraction of sp³-hybridized carbons (Fsp3) is 0.647. The Balaban J connectivity index is 1.93. The number of aliphatic hydroxyl groups is 3. The summed E-state index contributed by atoms with van der Waals surface area (Å²) >= 11 is 0. The topological polar surface area (TPSA) is 171 Å². The smallest absolute Gasteiger partial charge is 0.317 e. The minimum Gasteiger partial charge on any atom is -0.395 e. The third-order valence-corrected chi connectivity index (χ3v) is 9.18. The van der Waals surface area contributed by atoms with Gasteiger partial charge in [0.05, 0.1) is 36.9 Å². The van der Waals surface area contributed by atoms with E-state index in [1.165, 1.54) is 36.6 Å². The SMILES string of the molecule is CNC(=O)N(CCO)[C@@H](Cc1ccccc1)C(=O)N(C)[C@@H](Cc1c[nH]cn1)C(=O)N[C@@H](CC1CCCCC1)C(O)CC(O)C(C)C. The lowest BCUT2D eigenvalue weighted by molar-refractivity contribution is -0.143. The van der Waals surface area contributed by atoms with E-state index in [9.17, 15) is 29.7 Å². The molecule has 256 valence electrons. The molecule has 5 atom stereocenters. The van der Waals surface area contributed by atoms with Gasteiger partial charge >= 0.3 is 6.03 Å². The number of aromatic amines is 1. The average molecular weight is 643 g/mol. The first-order chi connectivity index (χ1) is 22.0. The molecule has 0 aliphatic heterocycles. The van der Waals surface area contributed by atoms with Gasteiger partial charge in [-0.3, -0.25) is 9.59 Å². The van der Waals surface area contributed by atoms with Crippen molar-refractivity contribution in [3.63, 3.8) is 0 Å². The van der Waals surface area contributed by atoms with Crippen molar-refractivity contribution in [3.05, 3.63) is 54.1 Å². The summed E-state index contributed by atoms with van der Waals surface area (Å²) in [6.07, 6.45) is 7.83. The maximum atomic E-state index is 14.3. The average Bonchev–Trinajstić information content (AvgIpc) is 3.58. The number of aromatic nitrogens is 2. The Morgan fingerprint density at radius 2 is 1.72 bits per heavy atom. The molecule has 1 aromatic carbocycles. The van der Waals surface area contributed by atoms with Crippen LogP contribution >= 0.6 is 0 Å². The lowest BCUT2D eigenvalue weighted by Crippen LogP contribution is -2.59. The highest BCUT2D eigenvalue weighted by atomic mass is 16.3. The van der Waals surface area contributed by atoms with Gasteiger partial charge in [0.25, 0.3) is 0 Å². The number of urea groups is 1. The van der Waals surface area contributed by atoms with Crippen molar-refractivity contribution < 1.29 is 29.7 Å². The molecule has 0 saturated heterocycles. The van der Waals surface area contributed by atoms with Gasteiger partial charge < -0.3 is 40.7 Å². The van der Waals surface area contributed by atoms with Crippen LogP contribution in [0.1, 0.15) is 70.1 Å². The second kappa shape index (κ2) is 18.6. The zero-order chi connectivity index (χ0) is 33.6. The zero-order valence-corrected chi connectivity index (χ0v) is 27.8. The molecule has 0 bridgehead atoms. The highest BCUT2D eigenvalue weighted by molar-refractivity contribution is 5.92. The Morgan fingerprint density at radius 3 is 2.30 bits per heavy atom. The number of carbonyl (C=O) groups excluding carboxylic acids is 3. The van der Waals surface area contributed by atoms with Crippen LogP contribution in [0, 0.1) is 11.8 Å². The first-order valence-corrected chi connectivity index (χ1v) is 16.6. The molecule has 12 nitrogen and oxygen atoms in total. The van der Waals surface area contributed by atoms with E-state index in [-0.39, 0.29) is 38.3 Å². The molecular formula is C34H54N6O6. The normalized spacial score (nSPS) is 17.0. The maximum Gasteiger partial charge on any atom is 0.317 e. The zero-order valence-electron chi connectivity index (χ0n) is 27.8. The largest absolute Gasteiger partial charge is 0.395 e. The molecule has 1 heterocycles. The van der Waals surface area contributed by atoms with E-state index >= 15 is 0 Å². The summed E-state index contributed by atoms with van der Waals surface area (Å²) in [4.78, 5) is 51.3. The van der Waals surface area contributed by atoms with Crippen LogP contribution in [0.25, 0.3) is 0 Å². The fourth-order valence-corrected chi connectivity index (χ4v) is 6.27. The van der Waals surface area contributed by atoms with Gasteiger partial charge in [-0.05, 0) is 23.8 Å². The van der Waals surface area contributed by atoms with Crippen molar-refractivity contribution in [3.8, 4) is 0 Å². The number of carbonyl (C=O) groups is 3. The summed E-state index contributed by atoms with van der Waals surface area (Å²) in [6.45, 7) is 3.34. The van der Waals surface area contributed by atoms with E-state index in [4.69, 9.17) is 0 Å². The van der Waals surface area contributed by atoms with Crippen molar-refractivity contribution in [1.29, 1.82) is 0 Å². The second-order valence-corrected chi connectivity index (χ2v) is 12.9. The van der Waals surface area contributed by atoms with E-state index in [0.717, 1.165) is 31.2 Å². The Hall–Kier alpha value is -3.48. The number of aliphatic hydroxyl groups excluding tert-OH is 3. The van der Waals surface area contributed by atoms with Crippen LogP contribution in [0.5, 0.6) is 0 Å². The van der Waals surface area contributed by atoms with Crippen LogP contribution in [-0.4, -0.2) is 111 Å². The van der Waals surface area contributed by atoms with Gasteiger partial charge in [-0.1, -0.05) is 76.3 Å². The third-order valence-electron chi connectivity index (χ3n) is 9.18. The number of benzene rings is 1. The third kappa shape index (κ3) is 10.8. The van der Waals surface area contributed by atoms with Gasteiger partial charge in [0, 0.05) is 46.1 Å². The highest BCUT2D eigenvalue weighted by Gasteiger charge is 2.38. The molecule has 1 aromatic heterocycles. The monoisotopic (exact) mass is 642 g/mol. The van der Waals surface area contributed by atoms with Crippen molar-refractivity contribution in [2.24, 2.45) is 11.8 Å². The van der Waals surface area contributed by atoms with Crippen LogP contribution in [0.15, 0.2) is 42.9 Å². The molecule has 1 aliphatic rings. The van der Waals surface area contributed by atoms with Gasteiger partial charge in [0.15, 0.2) is 0 Å². The lowest BCUT2D eigenvalue weighted by Gasteiger charge is -2.37. The molecular weight excluding hydrogens is 588 g/mol. The number of nitrogens with one attached hydrogen (secondary N) is 3. The van der Waals surface area contributed by atoms with Crippen LogP contribution in [0.3, 0.4) is 0 Å². The highest BCUT2D eigenvalue weighted by Crippen LogP contribution is 2.29. The molecule has 2 aromatic rings. The molecule has 1 fully saturated rings. The Morgan fingerprint density at radius 1 is 1.02 bits per heavy atom. The fourth-order valence-electron chi connectivity index (χ4n) is 6.27. The molecule has 0 radical (unpaired) electrons. The molecule has 2 unspecified atom stereocenters. The summed E-state index contributed by atoms with van der Waals surface area (Å²) in [5, 5.41) is 37.3. The number of likely N-dealkylation sites (N-methyl/N-ethyl adjacent to an activating group) is 1. The van der Waals surface area contributed by atoms with Crippen LogP contribution in [0.4, 0.5) is 4.79 Å². The maximum absolute atomic E-state index is 14.3. The molecule has 1 aliphatic carbocycles. The van der Waals surface area contributed by atoms with Crippen LogP contribution in [0.2, 0.25) is 0 Å². The van der Waals surface area contributed by atoms with E-state index in [1.807, 2.05) is 44.2 Å². The first-order valence-electron chi connectivity index (χ1n) is 16.6. The standard InChI is InChI=1S/C34H54N6O6/c1-23(2)30(42)20-31(43)27(17-24-11-7-5-8-12-24)38-32(44)28(19-26-21-36-22-37-26)39(4)33(45)29(18-25-13-9-6-10-14-25)40(15-16-41)34(46)35-3/h6,9-10,13-14,21-24,27-31,41-43H,5,7-8,11-12,15-20H2,1-4H3,(H,35,46)(H,36,37)(H,38,44)/t27-,28-,29-,30?,31?/m0/s1. The molecule has 6 N–H and O–H groups in total. The first kappa shape index (κ1) is 37.0. The van der Waals surface area contributed by atoms with E-state index in [0.29, 0.717) is 18.0 Å². The van der Waals surface area contributed by atoms with Crippen molar-refractivity contribution in [2.75, 3.05) is 27.2 Å². The quantitative estimate of drug-likeness (QED) is 0.154. The number of rotatable bonds is 17.